The van der Waals surface area contributed by atoms with Gasteiger partial charge in [-0.1, -0.05) is 12.1 Å². The first-order valence-corrected chi connectivity index (χ1v) is 9.66. The maximum atomic E-state index is 12.7. The summed E-state index contributed by atoms with van der Waals surface area (Å²) >= 11 is 0. The van der Waals surface area contributed by atoms with Crippen LogP contribution < -0.4 is 5.73 Å². The third kappa shape index (κ3) is 3.75. The number of hydrogen-bond acceptors (Lipinski definition) is 5. The average molecular weight is 339 g/mol. The van der Waals surface area contributed by atoms with Crippen molar-refractivity contribution in [1.82, 2.24) is 9.21 Å². The largest absolute Gasteiger partial charge is 0.381 e. The van der Waals surface area contributed by atoms with Gasteiger partial charge in [0.25, 0.3) is 0 Å². The number of nitrogens with two attached hydrogens (primary N) is 1. The van der Waals surface area contributed by atoms with Gasteiger partial charge in [-0.25, -0.2) is 8.42 Å². The molecule has 2 aliphatic rings. The van der Waals surface area contributed by atoms with E-state index in [1.807, 2.05) is 0 Å². The molecule has 0 saturated carbocycles. The van der Waals surface area contributed by atoms with E-state index in [0.29, 0.717) is 30.6 Å². The molecule has 0 unspecified atom stereocenters. The van der Waals surface area contributed by atoms with Crippen LogP contribution in [0.5, 0.6) is 0 Å². The molecule has 3 rings (SSSR count). The lowest BCUT2D eigenvalue weighted by Gasteiger charge is -2.40. The Morgan fingerprint density at radius 1 is 1.04 bits per heavy atom. The maximum absolute atomic E-state index is 12.7. The monoisotopic (exact) mass is 339 g/mol. The number of sulfonamides is 1. The van der Waals surface area contributed by atoms with E-state index in [0.717, 1.165) is 44.7 Å². The molecule has 2 fully saturated rings. The summed E-state index contributed by atoms with van der Waals surface area (Å²) in [4.78, 5) is 2.76. The SMILES string of the molecule is NCc1ccc(S(=O)(=O)N2CCN(C3CCOCC3)CC2)cc1. The number of benzene rings is 1. The van der Waals surface area contributed by atoms with Crippen molar-refractivity contribution in [3.63, 3.8) is 0 Å². The highest BCUT2D eigenvalue weighted by Crippen LogP contribution is 2.21. The highest BCUT2D eigenvalue weighted by Gasteiger charge is 2.31. The molecule has 1 aromatic carbocycles. The average Bonchev–Trinajstić information content (AvgIpc) is 2.62. The topological polar surface area (TPSA) is 75.9 Å². The molecule has 2 saturated heterocycles. The number of rotatable bonds is 4. The van der Waals surface area contributed by atoms with Gasteiger partial charge in [-0.3, -0.25) is 4.90 Å². The fourth-order valence-electron chi connectivity index (χ4n) is 3.31. The van der Waals surface area contributed by atoms with E-state index in [4.69, 9.17) is 10.5 Å². The molecular formula is C16H25N3O3S. The predicted molar refractivity (Wildman–Crippen MR) is 88.5 cm³/mol. The van der Waals surface area contributed by atoms with Gasteiger partial charge in [-0.15, -0.1) is 0 Å². The van der Waals surface area contributed by atoms with E-state index >= 15 is 0 Å². The standard InChI is InChI=1S/C16H25N3O3S/c17-13-14-1-3-16(4-2-14)23(20,21)19-9-7-18(8-10-19)15-5-11-22-12-6-15/h1-4,15H,5-13,17H2. The number of piperazine rings is 1. The Morgan fingerprint density at radius 3 is 2.22 bits per heavy atom. The van der Waals surface area contributed by atoms with Crippen LogP contribution in [0.1, 0.15) is 18.4 Å². The van der Waals surface area contributed by atoms with Crippen molar-refractivity contribution in [3.05, 3.63) is 29.8 Å². The molecule has 7 heteroatoms. The third-order valence-electron chi connectivity index (χ3n) is 4.78. The fourth-order valence-corrected chi connectivity index (χ4v) is 4.73. The molecule has 2 aliphatic heterocycles. The molecule has 0 bridgehead atoms. The maximum Gasteiger partial charge on any atom is 0.243 e. The second-order valence-electron chi connectivity index (χ2n) is 6.13. The van der Waals surface area contributed by atoms with E-state index < -0.39 is 10.0 Å². The summed E-state index contributed by atoms with van der Waals surface area (Å²) in [5.41, 5.74) is 6.50. The Hall–Kier alpha value is -0.990. The predicted octanol–water partition coefficient (Wildman–Crippen LogP) is 0.631. The van der Waals surface area contributed by atoms with Crippen molar-refractivity contribution in [1.29, 1.82) is 0 Å². The van der Waals surface area contributed by atoms with E-state index in [9.17, 15) is 8.42 Å². The zero-order valence-electron chi connectivity index (χ0n) is 13.4. The van der Waals surface area contributed by atoms with Crippen molar-refractivity contribution in [2.24, 2.45) is 5.73 Å². The zero-order chi connectivity index (χ0) is 16.3. The van der Waals surface area contributed by atoms with Crippen LogP contribution in [0.15, 0.2) is 29.2 Å². The minimum absolute atomic E-state index is 0.356. The first-order chi connectivity index (χ1) is 11.1. The summed E-state index contributed by atoms with van der Waals surface area (Å²) in [5.74, 6) is 0. The van der Waals surface area contributed by atoms with Gasteiger partial charge in [0.05, 0.1) is 4.90 Å². The Kier molecular flexibility index (Phi) is 5.33. The molecule has 0 radical (unpaired) electrons. The van der Waals surface area contributed by atoms with Gasteiger partial charge in [0.2, 0.25) is 10.0 Å². The van der Waals surface area contributed by atoms with Crippen LogP contribution in [0.25, 0.3) is 0 Å². The molecule has 0 aromatic heterocycles. The second kappa shape index (κ2) is 7.27. The highest BCUT2D eigenvalue weighted by atomic mass is 32.2. The molecule has 128 valence electrons. The molecule has 23 heavy (non-hydrogen) atoms. The number of hydrogen-bond donors (Lipinski definition) is 1. The van der Waals surface area contributed by atoms with Gasteiger partial charge in [0.1, 0.15) is 0 Å². The Balaban J connectivity index is 1.63. The highest BCUT2D eigenvalue weighted by molar-refractivity contribution is 7.89. The van der Waals surface area contributed by atoms with Crippen molar-refractivity contribution >= 4 is 10.0 Å². The summed E-state index contributed by atoms with van der Waals surface area (Å²) in [5, 5.41) is 0. The van der Waals surface area contributed by atoms with Crippen LogP contribution >= 0.6 is 0 Å². The number of nitrogens with zero attached hydrogens (tertiary/aromatic N) is 2. The third-order valence-corrected chi connectivity index (χ3v) is 6.69. The van der Waals surface area contributed by atoms with E-state index in [1.54, 1.807) is 28.6 Å². The van der Waals surface area contributed by atoms with Crippen LogP contribution in [0, 0.1) is 0 Å². The van der Waals surface area contributed by atoms with Gasteiger partial charge in [-0.2, -0.15) is 4.31 Å². The molecule has 2 N–H and O–H groups in total. The molecule has 2 heterocycles. The lowest BCUT2D eigenvalue weighted by atomic mass is 10.1. The van der Waals surface area contributed by atoms with Gasteiger partial charge >= 0.3 is 0 Å². The Labute approximate surface area is 138 Å². The Morgan fingerprint density at radius 2 is 1.65 bits per heavy atom. The minimum atomic E-state index is -3.40. The molecule has 6 nitrogen and oxygen atoms in total. The van der Waals surface area contributed by atoms with Crippen LogP contribution in [0.2, 0.25) is 0 Å². The van der Waals surface area contributed by atoms with Gasteiger partial charge < -0.3 is 10.5 Å². The lowest BCUT2D eigenvalue weighted by molar-refractivity contribution is 0.0229. The first kappa shape index (κ1) is 16.9. The van der Waals surface area contributed by atoms with Crippen LogP contribution in [-0.4, -0.2) is 63.1 Å². The molecule has 0 aliphatic carbocycles. The molecule has 1 aromatic rings. The van der Waals surface area contributed by atoms with Gasteiger partial charge in [-0.05, 0) is 30.5 Å². The van der Waals surface area contributed by atoms with E-state index in [-0.39, 0.29) is 0 Å². The molecule has 0 atom stereocenters. The summed E-state index contributed by atoms with van der Waals surface area (Å²) < 4.78 is 32.5. The zero-order valence-corrected chi connectivity index (χ0v) is 14.2. The van der Waals surface area contributed by atoms with Gasteiger partial charge in [0, 0.05) is 52.0 Å². The summed E-state index contributed by atoms with van der Waals surface area (Å²) in [6.45, 7) is 4.75. The van der Waals surface area contributed by atoms with E-state index in [2.05, 4.69) is 4.90 Å². The summed E-state index contributed by atoms with van der Waals surface area (Å²) in [6.07, 6.45) is 2.10. The molecule has 0 amide bonds. The quantitative estimate of drug-likeness (QED) is 0.871. The minimum Gasteiger partial charge on any atom is -0.381 e. The fraction of sp³-hybridized carbons (Fsp3) is 0.625. The number of ether oxygens (including phenoxy) is 1. The van der Waals surface area contributed by atoms with Crippen LogP contribution in [0.4, 0.5) is 0 Å². The van der Waals surface area contributed by atoms with Crippen LogP contribution in [0.3, 0.4) is 0 Å². The van der Waals surface area contributed by atoms with Crippen molar-refractivity contribution in [2.75, 3.05) is 39.4 Å². The van der Waals surface area contributed by atoms with Crippen molar-refractivity contribution in [3.8, 4) is 0 Å². The first-order valence-electron chi connectivity index (χ1n) is 8.22. The molecule has 0 spiro atoms. The second-order valence-corrected chi connectivity index (χ2v) is 8.07. The summed E-state index contributed by atoms with van der Waals surface area (Å²) in [7, 11) is -3.40. The summed E-state index contributed by atoms with van der Waals surface area (Å²) in [6, 6.07) is 7.42. The van der Waals surface area contributed by atoms with Crippen molar-refractivity contribution in [2.45, 2.75) is 30.3 Å². The normalized spacial score (nSPS) is 22.3. The van der Waals surface area contributed by atoms with Crippen molar-refractivity contribution < 1.29 is 13.2 Å². The van der Waals surface area contributed by atoms with Crippen LogP contribution in [-0.2, 0) is 21.3 Å². The van der Waals surface area contributed by atoms with Gasteiger partial charge in [0.15, 0.2) is 0 Å². The molecular weight excluding hydrogens is 314 g/mol. The lowest BCUT2D eigenvalue weighted by Crippen LogP contribution is -2.52. The van der Waals surface area contributed by atoms with E-state index in [1.165, 1.54) is 0 Å². The Bertz CT molecular complexity index is 604. The smallest absolute Gasteiger partial charge is 0.243 e.